The van der Waals surface area contributed by atoms with Crippen molar-refractivity contribution in [3.63, 3.8) is 0 Å². The fourth-order valence-electron chi connectivity index (χ4n) is 8.12. The number of aromatic nitrogens is 1. The van der Waals surface area contributed by atoms with E-state index < -0.39 is 0 Å². The van der Waals surface area contributed by atoms with E-state index >= 15 is 0 Å². The fraction of sp³-hybridized carbons (Fsp3) is 0.684. The van der Waals surface area contributed by atoms with Crippen molar-refractivity contribution in [2.75, 3.05) is 24.5 Å². The first-order chi connectivity index (χ1) is 11.3. The van der Waals surface area contributed by atoms with E-state index in [9.17, 15) is 4.79 Å². The molecule has 0 N–H and O–H groups in total. The maximum Gasteiger partial charge on any atom is 0.230 e. The molecule has 7 aliphatic rings. The molecule has 6 aliphatic carbocycles. The number of anilines is 1. The molecule has 0 unspecified atom stereocenters. The summed E-state index contributed by atoms with van der Waals surface area (Å²) in [5.74, 6) is 8.10. The average molecular weight is 307 g/mol. The van der Waals surface area contributed by atoms with Crippen molar-refractivity contribution < 1.29 is 4.79 Å². The van der Waals surface area contributed by atoms with Crippen molar-refractivity contribution in [3.05, 3.63) is 24.4 Å². The van der Waals surface area contributed by atoms with Crippen LogP contribution in [0.1, 0.15) is 6.92 Å². The van der Waals surface area contributed by atoms with Crippen molar-refractivity contribution in [2.24, 2.45) is 46.8 Å². The van der Waals surface area contributed by atoms with E-state index in [1.165, 1.54) is 0 Å². The third-order valence-corrected chi connectivity index (χ3v) is 8.71. The van der Waals surface area contributed by atoms with Crippen molar-refractivity contribution in [1.29, 1.82) is 0 Å². The number of hydrogen-bond donors (Lipinski definition) is 0. The molecular formula is C19H21N3O. The molecular weight excluding hydrogens is 286 g/mol. The number of amides is 1. The SMILES string of the molecule is C[C@@H]1CN(c2ccccn2)CCN1C(=O)C12C3C4C5C3C1C5C42. The van der Waals surface area contributed by atoms with Gasteiger partial charge in [0.1, 0.15) is 5.82 Å². The first-order valence-corrected chi connectivity index (χ1v) is 9.23. The summed E-state index contributed by atoms with van der Waals surface area (Å²) in [6.07, 6.45) is 1.85. The molecule has 1 aromatic rings. The second kappa shape index (κ2) is 3.28. The van der Waals surface area contributed by atoms with E-state index in [4.69, 9.17) is 0 Å². The van der Waals surface area contributed by atoms with Gasteiger partial charge in [0.15, 0.2) is 0 Å². The summed E-state index contributed by atoms with van der Waals surface area (Å²) >= 11 is 0. The van der Waals surface area contributed by atoms with Crippen LogP contribution in [0, 0.1) is 46.8 Å². The van der Waals surface area contributed by atoms with E-state index in [0.717, 1.165) is 66.9 Å². The number of pyridine rings is 1. The predicted molar refractivity (Wildman–Crippen MR) is 84.5 cm³/mol. The lowest BCUT2D eigenvalue weighted by Crippen LogP contribution is -3.07. The summed E-state index contributed by atoms with van der Waals surface area (Å²) in [4.78, 5) is 22.3. The molecule has 1 saturated heterocycles. The summed E-state index contributed by atoms with van der Waals surface area (Å²) in [6.45, 7) is 4.92. The van der Waals surface area contributed by atoms with Gasteiger partial charge < -0.3 is 9.80 Å². The van der Waals surface area contributed by atoms with Crippen LogP contribution < -0.4 is 4.90 Å². The lowest BCUT2D eigenvalue weighted by Gasteiger charge is -3.06. The molecule has 1 aromatic heterocycles. The number of rotatable bonds is 2. The van der Waals surface area contributed by atoms with E-state index in [-0.39, 0.29) is 5.41 Å². The van der Waals surface area contributed by atoms with Crippen molar-refractivity contribution in [2.45, 2.75) is 13.0 Å². The van der Waals surface area contributed by atoms with Gasteiger partial charge in [-0.25, -0.2) is 4.98 Å². The molecule has 1 atom stereocenters. The molecule has 0 spiro atoms. The van der Waals surface area contributed by atoms with Gasteiger partial charge in [0.25, 0.3) is 0 Å². The Morgan fingerprint density at radius 1 is 1.13 bits per heavy atom. The molecule has 0 bridgehead atoms. The first kappa shape index (κ1) is 11.9. The maximum atomic E-state index is 13.3. The Bertz CT molecular complexity index is 695. The average Bonchev–Trinajstić information content (AvgIpc) is 2.62. The number of carbonyl (C=O) groups is 1. The van der Waals surface area contributed by atoms with Crippen LogP contribution in [0.5, 0.6) is 0 Å². The minimum absolute atomic E-state index is 0.163. The summed E-state index contributed by atoms with van der Waals surface area (Å²) in [5, 5.41) is 0. The predicted octanol–water partition coefficient (Wildman–Crippen LogP) is 1.49. The first-order valence-electron chi connectivity index (χ1n) is 9.23. The minimum atomic E-state index is 0.163. The quantitative estimate of drug-likeness (QED) is 0.830. The second-order valence-electron chi connectivity index (χ2n) is 8.80. The highest BCUT2D eigenvalue weighted by Gasteiger charge is 3.06. The standard InChI is InChI=1S/C19H21N3O/c1-9-8-21(10-4-2-3-5-20-10)6-7-22(9)18(23)19-15-12-11-13(15)17(19)14(11)16(12)19/h2-5,9,11-17H,6-8H2,1H3/t9-,11?,12?,13?,14?,15?,16?,17?,19?/m1/s1. The lowest BCUT2D eigenvalue weighted by molar-refractivity contribution is -0.597. The molecule has 4 nitrogen and oxygen atoms in total. The molecule has 1 aliphatic heterocycles. The number of piperazine rings is 1. The van der Waals surface area contributed by atoms with Crippen LogP contribution in [-0.2, 0) is 4.79 Å². The highest BCUT2D eigenvalue weighted by Crippen LogP contribution is 3.06. The van der Waals surface area contributed by atoms with E-state index in [1.54, 1.807) is 0 Å². The fourth-order valence-corrected chi connectivity index (χ4v) is 8.12. The smallest absolute Gasteiger partial charge is 0.230 e. The largest absolute Gasteiger partial charge is 0.353 e. The van der Waals surface area contributed by atoms with Gasteiger partial charge in [-0.2, -0.15) is 0 Å². The normalized spacial score (nSPS) is 55.7. The minimum Gasteiger partial charge on any atom is -0.353 e. The maximum absolute atomic E-state index is 13.3. The van der Waals surface area contributed by atoms with Crippen LogP contribution in [0.2, 0.25) is 0 Å². The van der Waals surface area contributed by atoms with Crippen LogP contribution in [0.4, 0.5) is 5.82 Å². The Balaban J connectivity index is 1.12. The van der Waals surface area contributed by atoms with Gasteiger partial charge in [0.05, 0.1) is 5.41 Å². The Morgan fingerprint density at radius 3 is 2.48 bits per heavy atom. The molecule has 2 heterocycles. The lowest BCUT2D eigenvalue weighted by atomic mass is 8.96. The monoisotopic (exact) mass is 307 g/mol. The van der Waals surface area contributed by atoms with Gasteiger partial charge in [-0.15, -0.1) is 0 Å². The van der Waals surface area contributed by atoms with Gasteiger partial charge in [0.2, 0.25) is 5.91 Å². The highest BCUT2D eigenvalue weighted by molar-refractivity contribution is 5.92. The number of carbonyl (C=O) groups excluding carboxylic acids is 1. The molecule has 1 amide bonds. The number of nitrogens with zero attached hydrogens (tertiary/aromatic N) is 3. The Morgan fingerprint density at radius 2 is 1.87 bits per heavy atom. The summed E-state index contributed by atoms with van der Waals surface area (Å²) in [5.41, 5.74) is 0.163. The molecule has 0 radical (unpaired) electrons. The van der Waals surface area contributed by atoms with Gasteiger partial charge in [-0.1, -0.05) is 6.07 Å². The van der Waals surface area contributed by atoms with Crippen molar-refractivity contribution in [1.82, 2.24) is 9.88 Å². The topological polar surface area (TPSA) is 36.4 Å². The van der Waals surface area contributed by atoms with E-state index in [1.807, 2.05) is 18.3 Å². The molecule has 118 valence electrons. The highest BCUT2D eigenvalue weighted by atomic mass is 16.2. The summed E-state index contributed by atoms with van der Waals surface area (Å²) < 4.78 is 0. The van der Waals surface area contributed by atoms with Crippen molar-refractivity contribution >= 4 is 11.7 Å². The van der Waals surface area contributed by atoms with Gasteiger partial charge >= 0.3 is 0 Å². The molecule has 4 heteroatoms. The molecule has 8 rings (SSSR count). The zero-order chi connectivity index (χ0) is 15.1. The molecule has 23 heavy (non-hydrogen) atoms. The van der Waals surface area contributed by atoms with Crippen LogP contribution in [0.3, 0.4) is 0 Å². The van der Waals surface area contributed by atoms with Gasteiger partial charge in [0, 0.05) is 31.9 Å². The van der Waals surface area contributed by atoms with E-state index in [0.29, 0.717) is 11.9 Å². The molecule has 6 saturated carbocycles. The van der Waals surface area contributed by atoms with Gasteiger partial charge in [-0.3, -0.25) is 4.79 Å². The van der Waals surface area contributed by atoms with Crippen LogP contribution in [0.15, 0.2) is 24.4 Å². The Hall–Kier alpha value is -1.58. The zero-order valence-corrected chi connectivity index (χ0v) is 13.3. The van der Waals surface area contributed by atoms with Crippen LogP contribution >= 0.6 is 0 Å². The second-order valence-corrected chi connectivity index (χ2v) is 8.80. The van der Waals surface area contributed by atoms with Crippen LogP contribution in [0.25, 0.3) is 0 Å². The Labute approximate surface area is 135 Å². The molecule has 7 fully saturated rings. The van der Waals surface area contributed by atoms with Crippen LogP contribution in [-0.4, -0.2) is 41.5 Å². The van der Waals surface area contributed by atoms with Gasteiger partial charge in [-0.05, 0) is 60.5 Å². The van der Waals surface area contributed by atoms with E-state index in [2.05, 4.69) is 27.8 Å². The Kier molecular flexibility index (Phi) is 1.70. The summed E-state index contributed by atoms with van der Waals surface area (Å²) in [7, 11) is 0. The summed E-state index contributed by atoms with van der Waals surface area (Å²) in [6, 6.07) is 6.37. The zero-order valence-electron chi connectivity index (χ0n) is 13.3. The third kappa shape index (κ3) is 0.907. The number of hydrogen-bond acceptors (Lipinski definition) is 3. The molecule has 0 aromatic carbocycles. The van der Waals surface area contributed by atoms with Crippen molar-refractivity contribution in [3.8, 4) is 0 Å². The third-order valence-electron chi connectivity index (χ3n) is 8.71.